The van der Waals surface area contributed by atoms with Crippen LogP contribution in [0.25, 0.3) is 10.9 Å². The van der Waals surface area contributed by atoms with Crippen molar-refractivity contribution >= 4 is 34.5 Å². The van der Waals surface area contributed by atoms with Crippen LogP contribution in [0, 0.1) is 0 Å². The van der Waals surface area contributed by atoms with Crippen LogP contribution >= 0.6 is 0 Å². The van der Waals surface area contributed by atoms with E-state index in [1.54, 1.807) is 55.6 Å². The Balaban J connectivity index is 1.60. The number of nitrogens with one attached hydrogen (secondary N) is 1. The lowest BCUT2D eigenvalue weighted by Gasteiger charge is -2.43. The van der Waals surface area contributed by atoms with Crippen LogP contribution in [0.2, 0.25) is 0 Å². The summed E-state index contributed by atoms with van der Waals surface area (Å²) in [5, 5.41) is 7.50. The third-order valence-electron chi connectivity index (χ3n) is 6.18. The second-order valence-electron chi connectivity index (χ2n) is 9.89. The van der Waals surface area contributed by atoms with Gasteiger partial charge in [0.1, 0.15) is 11.6 Å². The summed E-state index contributed by atoms with van der Waals surface area (Å²) in [6.07, 6.45) is -5.06. The van der Waals surface area contributed by atoms with Crippen LogP contribution in [0.3, 0.4) is 0 Å². The maximum Gasteiger partial charge on any atom is 0.410 e. The number of ether oxygens (including phenoxy) is 1. The zero-order chi connectivity index (χ0) is 25.7. The van der Waals surface area contributed by atoms with E-state index in [4.69, 9.17) is 4.74 Å². The highest BCUT2D eigenvalue weighted by molar-refractivity contribution is 6.02. The number of fused-ring (bicyclic) bond motifs is 1. The highest BCUT2D eigenvalue weighted by atomic mass is 19.4. The molecule has 0 bridgehead atoms. The van der Waals surface area contributed by atoms with Gasteiger partial charge in [-0.25, -0.2) is 4.79 Å². The van der Waals surface area contributed by atoms with Crippen molar-refractivity contribution in [3.8, 4) is 0 Å². The van der Waals surface area contributed by atoms with Crippen LogP contribution in [0.1, 0.15) is 45.2 Å². The first-order chi connectivity index (χ1) is 16.2. The molecular formula is C23H28F3N5O4. The predicted molar refractivity (Wildman–Crippen MR) is 121 cm³/mol. The minimum absolute atomic E-state index is 0.149. The number of amides is 3. The molecule has 1 aromatic heterocycles. The summed E-state index contributed by atoms with van der Waals surface area (Å²) in [6, 6.07) is 3.14. The van der Waals surface area contributed by atoms with Crippen molar-refractivity contribution in [1.82, 2.24) is 20.0 Å². The summed E-state index contributed by atoms with van der Waals surface area (Å²) >= 11 is 0. The van der Waals surface area contributed by atoms with Crippen LogP contribution in [-0.2, 0) is 21.4 Å². The zero-order valence-corrected chi connectivity index (χ0v) is 20.0. The van der Waals surface area contributed by atoms with E-state index in [9.17, 15) is 27.6 Å². The van der Waals surface area contributed by atoms with Crippen LogP contribution in [-0.4, -0.2) is 70.0 Å². The number of nitrogens with zero attached hydrogens (tertiary/aromatic N) is 4. The van der Waals surface area contributed by atoms with Gasteiger partial charge in [0.05, 0.1) is 17.1 Å². The van der Waals surface area contributed by atoms with Gasteiger partial charge in [0, 0.05) is 44.2 Å². The Morgan fingerprint density at radius 3 is 2.51 bits per heavy atom. The minimum Gasteiger partial charge on any atom is -0.444 e. The lowest BCUT2D eigenvalue weighted by molar-refractivity contribution is -0.181. The van der Waals surface area contributed by atoms with E-state index in [0.29, 0.717) is 28.7 Å². The van der Waals surface area contributed by atoms with Crippen LogP contribution in [0.4, 0.5) is 23.7 Å². The molecule has 2 fully saturated rings. The number of aryl methyl sites for hydroxylation is 1. The molecule has 0 spiro atoms. The molecule has 0 saturated carbocycles. The fraction of sp³-hybridized carbons (Fsp3) is 0.565. The van der Waals surface area contributed by atoms with Gasteiger partial charge in [0.2, 0.25) is 11.8 Å². The molecule has 35 heavy (non-hydrogen) atoms. The average Bonchev–Trinajstić information content (AvgIpc) is 3.07. The molecule has 2 atom stereocenters. The summed E-state index contributed by atoms with van der Waals surface area (Å²) in [6.45, 7) is 4.42. The van der Waals surface area contributed by atoms with E-state index in [-0.39, 0.29) is 25.4 Å². The molecule has 1 N–H and O–H groups in total. The van der Waals surface area contributed by atoms with Crippen molar-refractivity contribution in [1.29, 1.82) is 0 Å². The van der Waals surface area contributed by atoms with Gasteiger partial charge in [-0.05, 0) is 45.4 Å². The van der Waals surface area contributed by atoms with E-state index in [1.165, 1.54) is 0 Å². The lowest BCUT2D eigenvalue weighted by atomic mass is 9.93. The molecule has 0 radical (unpaired) electrons. The molecule has 2 saturated heterocycles. The smallest absolute Gasteiger partial charge is 0.410 e. The van der Waals surface area contributed by atoms with Crippen molar-refractivity contribution in [3.63, 3.8) is 0 Å². The number of halogens is 3. The van der Waals surface area contributed by atoms with Crippen molar-refractivity contribution < 1.29 is 32.3 Å². The van der Waals surface area contributed by atoms with Gasteiger partial charge in [-0.3, -0.25) is 24.5 Å². The molecular weight excluding hydrogens is 467 g/mol. The van der Waals surface area contributed by atoms with Crippen LogP contribution < -0.4 is 10.2 Å². The SMILES string of the molecule is Cn1nc(C2CCC(=O)NC2=O)c2ccc(N3CCN(C(=O)OC(C)(C)C)[C@H](C(F)(F)F)C3)cc21. The maximum absolute atomic E-state index is 13.9. The van der Waals surface area contributed by atoms with Gasteiger partial charge >= 0.3 is 12.3 Å². The van der Waals surface area contributed by atoms with E-state index in [1.807, 2.05) is 0 Å². The van der Waals surface area contributed by atoms with E-state index >= 15 is 0 Å². The van der Waals surface area contributed by atoms with Crippen molar-refractivity contribution in [2.24, 2.45) is 7.05 Å². The van der Waals surface area contributed by atoms with Gasteiger partial charge in [0.15, 0.2) is 0 Å². The number of alkyl halides is 3. The second-order valence-corrected chi connectivity index (χ2v) is 9.89. The van der Waals surface area contributed by atoms with Gasteiger partial charge in [-0.2, -0.15) is 18.3 Å². The van der Waals surface area contributed by atoms with Gasteiger partial charge in [0.25, 0.3) is 0 Å². The van der Waals surface area contributed by atoms with E-state index < -0.39 is 42.3 Å². The van der Waals surface area contributed by atoms with Crippen LogP contribution in [0.15, 0.2) is 18.2 Å². The number of hydrogen-bond acceptors (Lipinski definition) is 6. The number of benzene rings is 1. The number of anilines is 1. The largest absolute Gasteiger partial charge is 0.444 e. The molecule has 3 amide bonds. The van der Waals surface area contributed by atoms with Crippen molar-refractivity contribution in [2.75, 3.05) is 24.5 Å². The average molecular weight is 496 g/mol. The third kappa shape index (κ3) is 5.06. The molecule has 12 heteroatoms. The second kappa shape index (κ2) is 8.72. The summed E-state index contributed by atoms with van der Waals surface area (Å²) in [4.78, 5) is 38.6. The first kappa shape index (κ1) is 24.8. The van der Waals surface area contributed by atoms with Gasteiger partial charge in [-0.15, -0.1) is 0 Å². The van der Waals surface area contributed by atoms with E-state index in [0.717, 1.165) is 4.90 Å². The Hall–Kier alpha value is -3.31. The number of hydrogen-bond donors (Lipinski definition) is 1. The number of imide groups is 1. The Morgan fingerprint density at radius 2 is 1.89 bits per heavy atom. The first-order valence-electron chi connectivity index (χ1n) is 11.4. The first-order valence-corrected chi connectivity index (χ1v) is 11.4. The minimum atomic E-state index is -4.63. The molecule has 0 aliphatic carbocycles. The fourth-order valence-electron chi connectivity index (χ4n) is 4.52. The Labute approximate surface area is 200 Å². The molecule has 3 heterocycles. The number of carbonyl (C=O) groups is 3. The number of aromatic nitrogens is 2. The highest BCUT2D eigenvalue weighted by Gasteiger charge is 2.49. The number of carbonyl (C=O) groups excluding carboxylic acids is 3. The summed E-state index contributed by atoms with van der Waals surface area (Å²) < 4.78 is 48.5. The standard InChI is InChI=1S/C23H28F3N5O4/c1-22(2,3)35-21(34)31-10-9-30(12-17(31)23(24,25)26)13-5-6-14-16(11-13)29(4)28-19(14)15-7-8-18(32)27-20(15)33/h5-6,11,15,17H,7-10,12H2,1-4H3,(H,27,32,33)/t15?,17-/m0/s1. The molecule has 2 aliphatic heterocycles. The monoisotopic (exact) mass is 495 g/mol. The number of piperazine rings is 1. The predicted octanol–water partition coefficient (Wildman–Crippen LogP) is 3.08. The van der Waals surface area contributed by atoms with Crippen molar-refractivity contribution in [2.45, 2.75) is 57.3 Å². The van der Waals surface area contributed by atoms with E-state index in [2.05, 4.69) is 10.4 Å². The van der Waals surface area contributed by atoms with Gasteiger partial charge < -0.3 is 9.64 Å². The Kier molecular flexibility index (Phi) is 6.18. The molecule has 190 valence electrons. The molecule has 9 nitrogen and oxygen atoms in total. The molecule has 2 aromatic rings. The summed E-state index contributed by atoms with van der Waals surface area (Å²) in [5.74, 6) is -1.30. The molecule has 2 aliphatic rings. The number of piperidine rings is 1. The normalized spacial score (nSPS) is 21.9. The summed E-state index contributed by atoms with van der Waals surface area (Å²) in [7, 11) is 1.69. The van der Waals surface area contributed by atoms with Gasteiger partial charge in [-0.1, -0.05) is 0 Å². The third-order valence-corrected chi connectivity index (χ3v) is 6.18. The van der Waals surface area contributed by atoms with Crippen molar-refractivity contribution in [3.05, 3.63) is 23.9 Å². The Bertz CT molecular complexity index is 1170. The fourth-order valence-corrected chi connectivity index (χ4v) is 4.52. The summed E-state index contributed by atoms with van der Waals surface area (Å²) in [5.41, 5.74) is 0.825. The molecule has 1 aromatic carbocycles. The Morgan fingerprint density at radius 1 is 1.17 bits per heavy atom. The number of rotatable bonds is 2. The highest BCUT2D eigenvalue weighted by Crippen LogP contribution is 2.35. The topological polar surface area (TPSA) is 96.8 Å². The maximum atomic E-state index is 13.9. The molecule has 1 unspecified atom stereocenters. The lowest BCUT2D eigenvalue weighted by Crippen LogP contribution is -2.61. The quantitative estimate of drug-likeness (QED) is 0.644. The zero-order valence-electron chi connectivity index (χ0n) is 20.0. The molecule has 4 rings (SSSR count). The van der Waals surface area contributed by atoms with Crippen LogP contribution in [0.5, 0.6) is 0 Å².